The molecule has 1 fully saturated rings. The van der Waals surface area contributed by atoms with Crippen molar-refractivity contribution in [1.29, 1.82) is 5.26 Å². The summed E-state index contributed by atoms with van der Waals surface area (Å²) < 4.78 is 5.36. The summed E-state index contributed by atoms with van der Waals surface area (Å²) in [5, 5.41) is 12.5. The Morgan fingerprint density at radius 1 is 1.38 bits per heavy atom. The molecule has 0 atom stereocenters. The van der Waals surface area contributed by atoms with Crippen molar-refractivity contribution in [2.45, 2.75) is 44.7 Å². The summed E-state index contributed by atoms with van der Waals surface area (Å²) in [4.78, 5) is 6.53. The van der Waals surface area contributed by atoms with Crippen molar-refractivity contribution in [3.05, 3.63) is 17.5 Å². The Morgan fingerprint density at radius 3 is 2.57 bits per heavy atom. The normalized spacial score (nSPS) is 21.7. The maximum Gasteiger partial charge on any atom is 0.183 e. The number of methoxy groups -OCH3 is 1. The Kier molecular flexibility index (Phi) is 5.03. The first-order chi connectivity index (χ1) is 10.1. The average Bonchev–Trinajstić information content (AvgIpc) is 2.53. The minimum Gasteiger partial charge on any atom is -0.493 e. The van der Waals surface area contributed by atoms with E-state index in [9.17, 15) is 0 Å². The molecule has 1 aliphatic carbocycles. The zero-order valence-electron chi connectivity index (χ0n) is 13.3. The monoisotopic (exact) mass is 288 g/mol. The first-order valence-electron chi connectivity index (χ1n) is 7.46. The number of nitrogens with one attached hydrogen (secondary N) is 1. The van der Waals surface area contributed by atoms with Crippen molar-refractivity contribution in [2.24, 2.45) is 0 Å². The smallest absolute Gasteiger partial charge is 0.183 e. The number of aromatic nitrogens is 1. The fourth-order valence-corrected chi connectivity index (χ4v) is 3.21. The lowest BCUT2D eigenvalue weighted by Crippen LogP contribution is -2.40. The van der Waals surface area contributed by atoms with Crippen molar-refractivity contribution in [2.75, 3.05) is 26.1 Å². The first-order valence-corrected chi connectivity index (χ1v) is 7.46. The molecule has 1 aliphatic rings. The van der Waals surface area contributed by atoms with Crippen LogP contribution in [-0.4, -0.2) is 38.3 Å². The van der Waals surface area contributed by atoms with Gasteiger partial charge >= 0.3 is 0 Å². The summed E-state index contributed by atoms with van der Waals surface area (Å²) in [6.07, 6.45) is 6.53. The molecule has 5 heteroatoms. The Labute approximate surface area is 126 Å². The van der Waals surface area contributed by atoms with Gasteiger partial charge in [-0.3, -0.25) is 0 Å². The van der Waals surface area contributed by atoms with Crippen molar-refractivity contribution < 1.29 is 4.74 Å². The maximum absolute atomic E-state index is 9.10. The number of nitriles is 1. The van der Waals surface area contributed by atoms with Gasteiger partial charge in [-0.2, -0.15) is 5.26 Å². The predicted octanol–water partition coefficient (Wildman–Crippen LogP) is 2.24. The quantitative estimate of drug-likeness (QED) is 0.920. The van der Waals surface area contributed by atoms with Crippen LogP contribution in [0.3, 0.4) is 0 Å². The molecule has 2 rings (SSSR count). The van der Waals surface area contributed by atoms with Crippen LogP contribution in [0.15, 0.2) is 6.20 Å². The van der Waals surface area contributed by atoms with Crippen LogP contribution in [0.1, 0.15) is 36.9 Å². The fraction of sp³-hybridized carbons (Fsp3) is 0.625. The van der Waals surface area contributed by atoms with Crippen molar-refractivity contribution >= 4 is 5.69 Å². The molecule has 5 nitrogen and oxygen atoms in total. The molecule has 0 unspecified atom stereocenters. The molecule has 1 N–H and O–H groups in total. The van der Waals surface area contributed by atoms with E-state index in [-0.39, 0.29) is 0 Å². The van der Waals surface area contributed by atoms with Gasteiger partial charge in [0.15, 0.2) is 11.4 Å². The second kappa shape index (κ2) is 6.77. The highest BCUT2D eigenvalue weighted by Crippen LogP contribution is 2.33. The van der Waals surface area contributed by atoms with Gasteiger partial charge in [0, 0.05) is 24.7 Å². The summed E-state index contributed by atoms with van der Waals surface area (Å²) in [6, 6.07) is 3.25. The molecule has 0 saturated heterocycles. The molecule has 1 heterocycles. The van der Waals surface area contributed by atoms with Crippen molar-refractivity contribution in [3.8, 4) is 11.8 Å². The molecule has 1 saturated carbocycles. The second-order valence-electron chi connectivity index (χ2n) is 5.67. The van der Waals surface area contributed by atoms with Gasteiger partial charge in [-0.05, 0) is 39.7 Å². The minimum absolute atomic E-state index is 0.353. The molecule has 0 amide bonds. The molecule has 1 aromatic heterocycles. The van der Waals surface area contributed by atoms with Gasteiger partial charge in [0.25, 0.3) is 0 Å². The lowest BCUT2D eigenvalue weighted by molar-refractivity contribution is 0.350. The number of ether oxygens (including phenoxy) is 1. The largest absolute Gasteiger partial charge is 0.493 e. The van der Waals surface area contributed by atoms with E-state index in [1.165, 1.54) is 25.7 Å². The number of nitrogens with zero attached hydrogens (tertiary/aromatic N) is 3. The van der Waals surface area contributed by atoms with Crippen LogP contribution in [0, 0.1) is 18.3 Å². The SMILES string of the molecule is CNC1CCC(N(C)c2cnc(C#N)c(OC)c2C)CC1. The van der Waals surface area contributed by atoms with Crippen LogP contribution < -0.4 is 15.0 Å². The Morgan fingerprint density at radius 2 is 2.05 bits per heavy atom. The molecular formula is C16H24N4O. The fourth-order valence-electron chi connectivity index (χ4n) is 3.21. The molecule has 1 aromatic rings. The third-order valence-electron chi connectivity index (χ3n) is 4.60. The van der Waals surface area contributed by atoms with Gasteiger partial charge in [0.1, 0.15) is 6.07 Å². The molecule has 0 bridgehead atoms. The van der Waals surface area contributed by atoms with Gasteiger partial charge in [-0.15, -0.1) is 0 Å². The standard InChI is InChI=1S/C16H24N4O/c1-11-15(10-19-14(9-17)16(11)21-4)20(3)13-7-5-12(18-2)6-8-13/h10,12-13,18H,5-8H2,1-4H3. The molecular weight excluding hydrogens is 264 g/mol. The third kappa shape index (κ3) is 3.11. The highest BCUT2D eigenvalue weighted by Gasteiger charge is 2.25. The van der Waals surface area contributed by atoms with Gasteiger partial charge in [0.2, 0.25) is 0 Å². The van der Waals surface area contributed by atoms with E-state index in [1.807, 2.05) is 14.0 Å². The molecule has 21 heavy (non-hydrogen) atoms. The molecule has 114 valence electrons. The average molecular weight is 288 g/mol. The summed E-state index contributed by atoms with van der Waals surface area (Å²) in [7, 11) is 5.74. The Hall–Kier alpha value is -1.80. The summed E-state index contributed by atoms with van der Waals surface area (Å²) in [6.45, 7) is 1.99. The number of hydrogen-bond donors (Lipinski definition) is 1. The van der Waals surface area contributed by atoms with Crippen LogP contribution in [0.5, 0.6) is 5.75 Å². The summed E-state index contributed by atoms with van der Waals surface area (Å²) >= 11 is 0. The Bertz CT molecular complexity index is 530. The van der Waals surface area contributed by atoms with Gasteiger partial charge in [-0.25, -0.2) is 4.98 Å². The molecule has 0 aromatic carbocycles. The van der Waals surface area contributed by atoms with Crippen LogP contribution in [0.4, 0.5) is 5.69 Å². The van der Waals surface area contributed by atoms with E-state index in [4.69, 9.17) is 10.00 Å². The number of anilines is 1. The van der Waals surface area contributed by atoms with Crippen molar-refractivity contribution in [3.63, 3.8) is 0 Å². The van der Waals surface area contributed by atoms with Crippen LogP contribution in [-0.2, 0) is 0 Å². The topological polar surface area (TPSA) is 61.2 Å². The molecule has 0 radical (unpaired) electrons. The van der Waals surface area contributed by atoms with E-state index < -0.39 is 0 Å². The van der Waals surface area contributed by atoms with E-state index in [0.29, 0.717) is 23.5 Å². The van der Waals surface area contributed by atoms with Gasteiger partial charge in [0.05, 0.1) is 19.0 Å². The predicted molar refractivity (Wildman–Crippen MR) is 83.7 cm³/mol. The van der Waals surface area contributed by atoms with E-state index in [1.54, 1.807) is 13.3 Å². The van der Waals surface area contributed by atoms with Crippen LogP contribution in [0.25, 0.3) is 0 Å². The summed E-state index contributed by atoms with van der Waals surface area (Å²) in [5.41, 5.74) is 2.40. The van der Waals surface area contributed by atoms with Crippen LogP contribution in [0.2, 0.25) is 0 Å². The highest BCUT2D eigenvalue weighted by atomic mass is 16.5. The zero-order chi connectivity index (χ0) is 15.4. The van der Waals surface area contributed by atoms with Crippen LogP contribution >= 0.6 is 0 Å². The van der Waals surface area contributed by atoms with E-state index >= 15 is 0 Å². The lowest BCUT2D eigenvalue weighted by Gasteiger charge is -2.36. The second-order valence-corrected chi connectivity index (χ2v) is 5.67. The third-order valence-corrected chi connectivity index (χ3v) is 4.60. The molecule has 0 aliphatic heterocycles. The van der Waals surface area contributed by atoms with Crippen molar-refractivity contribution in [1.82, 2.24) is 10.3 Å². The lowest BCUT2D eigenvalue weighted by atomic mass is 9.90. The Balaban J connectivity index is 2.20. The first kappa shape index (κ1) is 15.6. The van der Waals surface area contributed by atoms with Gasteiger partial charge < -0.3 is 15.0 Å². The highest BCUT2D eigenvalue weighted by molar-refractivity contribution is 5.60. The number of hydrogen-bond acceptors (Lipinski definition) is 5. The number of pyridine rings is 1. The zero-order valence-corrected chi connectivity index (χ0v) is 13.3. The number of rotatable bonds is 4. The summed E-state index contributed by atoms with van der Waals surface area (Å²) in [5.74, 6) is 0.589. The van der Waals surface area contributed by atoms with Gasteiger partial charge in [-0.1, -0.05) is 0 Å². The maximum atomic E-state index is 9.10. The van der Waals surface area contributed by atoms with E-state index in [0.717, 1.165) is 11.3 Å². The molecule has 0 spiro atoms. The van der Waals surface area contributed by atoms with E-state index in [2.05, 4.69) is 28.3 Å². The minimum atomic E-state index is 0.353.